The number of ether oxygens (including phenoxy) is 1. The molecule has 0 radical (unpaired) electrons. The van der Waals surface area contributed by atoms with E-state index in [0.29, 0.717) is 17.1 Å². The Kier molecular flexibility index (Phi) is 6.78. The third-order valence-electron chi connectivity index (χ3n) is 4.55. The summed E-state index contributed by atoms with van der Waals surface area (Å²) in [7, 11) is -3.95. The Balaban J connectivity index is 1.76. The summed E-state index contributed by atoms with van der Waals surface area (Å²) in [5, 5.41) is 8.69. The molecule has 2 atom stereocenters. The number of halogens is 1. The number of nitrogens with zero attached hydrogens (tertiary/aromatic N) is 1. The molecule has 0 saturated carbocycles. The number of benzene rings is 2. The van der Waals surface area contributed by atoms with Gasteiger partial charge in [0.1, 0.15) is 24.2 Å². The molecule has 0 aliphatic carbocycles. The first kappa shape index (κ1) is 21.6. The zero-order chi connectivity index (χ0) is 21.0. The summed E-state index contributed by atoms with van der Waals surface area (Å²) in [5.74, 6) is -0.142. The second-order valence-electron chi connectivity index (χ2n) is 6.50. The minimum Gasteiger partial charge on any atom is -0.489 e. The van der Waals surface area contributed by atoms with Gasteiger partial charge in [0.2, 0.25) is 10.0 Å². The Morgan fingerprint density at radius 3 is 2.69 bits per heavy atom. The quantitative estimate of drug-likeness (QED) is 0.529. The zero-order valence-electron chi connectivity index (χ0n) is 15.6. The number of carbonyl (C=O) groups excluding carboxylic acids is 1. The maximum absolute atomic E-state index is 13.2. The van der Waals surface area contributed by atoms with Crippen LogP contribution in [-0.2, 0) is 21.4 Å². The van der Waals surface area contributed by atoms with E-state index in [0.717, 1.165) is 4.31 Å². The van der Waals surface area contributed by atoms with Crippen molar-refractivity contribution in [2.24, 2.45) is 0 Å². The van der Waals surface area contributed by atoms with E-state index in [1.165, 1.54) is 48.2 Å². The van der Waals surface area contributed by atoms with E-state index in [4.69, 9.17) is 9.94 Å². The highest BCUT2D eigenvalue weighted by Crippen LogP contribution is 2.30. The predicted molar refractivity (Wildman–Crippen MR) is 107 cm³/mol. The second-order valence-corrected chi connectivity index (χ2v) is 9.88. The molecule has 1 aliphatic rings. The van der Waals surface area contributed by atoms with E-state index >= 15 is 0 Å². The van der Waals surface area contributed by atoms with Crippen LogP contribution >= 0.6 is 11.8 Å². The molecule has 0 spiro atoms. The molecule has 1 fully saturated rings. The Morgan fingerprint density at radius 1 is 1.31 bits per heavy atom. The van der Waals surface area contributed by atoms with Gasteiger partial charge in [-0.1, -0.05) is 19.1 Å². The number of carbonyl (C=O) groups is 1. The molecule has 3 rings (SSSR count). The van der Waals surface area contributed by atoms with Gasteiger partial charge in [-0.3, -0.25) is 10.0 Å². The Morgan fingerprint density at radius 2 is 2.03 bits per heavy atom. The molecular weight excluding hydrogens is 419 g/mol. The maximum atomic E-state index is 13.2. The molecule has 2 aromatic rings. The van der Waals surface area contributed by atoms with Gasteiger partial charge in [-0.15, -0.1) is 0 Å². The van der Waals surface area contributed by atoms with E-state index in [9.17, 15) is 17.6 Å². The molecular formula is C19H21FN2O5S2. The van der Waals surface area contributed by atoms with E-state index in [2.05, 4.69) is 0 Å². The average Bonchev–Trinajstić information content (AvgIpc) is 2.72. The third kappa shape index (κ3) is 4.89. The SMILES string of the molecule is CC1SCCN(S(=O)(=O)c2ccc(OCc3cccc(F)c3)cc2)C1C(=O)NO. The fourth-order valence-electron chi connectivity index (χ4n) is 3.11. The van der Waals surface area contributed by atoms with E-state index in [1.807, 2.05) is 0 Å². The van der Waals surface area contributed by atoms with Gasteiger partial charge in [-0.25, -0.2) is 18.3 Å². The molecule has 7 nitrogen and oxygen atoms in total. The Bertz CT molecular complexity index is 969. The summed E-state index contributed by atoms with van der Waals surface area (Å²) in [4.78, 5) is 12.1. The monoisotopic (exact) mass is 440 g/mol. The molecule has 156 valence electrons. The van der Waals surface area contributed by atoms with Crippen LogP contribution < -0.4 is 10.2 Å². The number of hydroxylamine groups is 1. The molecule has 1 heterocycles. The van der Waals surface area contributed by atoms with Crippen LogP contribution in [0.25, 0.3) is 0 Å². The minimum absolute atomic E-state index is 0.0189. The van der Waals surface area contributed by atoms with Crippen molar-refractivity contribution in [2.75, 3.05) is 12.3 Å². The van der Waals surface area contributed by atoms with Crippen LogP contribution in [0.15, 0.2) is 53.4 Å². The van der Waals surface area contributed by atoms with E-state index < -0.39 is 22.0 Å². The summed E-state index contributed by atoms with van der Waals surface area (Å²) in [6.45, 7) is 2.05. The Hall–Kier alpha value is -2.14. The lowest BCUT2D eigenvalue weighted by Gasteiger charge is -2.36. The second kappa shape index (κ2) is 9.12. The van der Waals surface area contributed by atoms with Gasteiger partial charge in [0, 0.05) is 17.5 Å². The molecule has 2 aromatic carbocycles. The first-order chi connectivity index (χ1) is 13.8. The average molecular weight is 441 g/mol. The smallest absolute Gasteiger partial charge is 0.262 e. The molecule has 0 aromatic heterocycles. The molecule has 2 unspecified atom stereocenters. The van der Waals surface area contributed by atoms with Crippen LogP contribution in [0.2, 0.25) is 0 Å². The molecule has 1 saturated heterocycles. The zero-order valence-corrected chi connectivity index (χ0v) is 17.2. The van der Waals surface area contributed by atoms with Crippen molar-refractivity contribution >= 4 is 27.7 Å². The van der Waals surface area contributed by atoms with Gasteiger partial charge in [0.15, 0.2) is 0 Å². The maximum Gasteiger partial charge on any atom is 0.262 e. The standard InChI is InChI=1S/C19H21FN2O5S2/c1-13-18(19(23)21-24)22(9-10-28-13)29(25,26)17-7-5-16(6-8-17)27-12-14-3-2-4-15(20)11-14/h2-8,11,13,18,24H,9-10,12H2,1H3,(H,21,23). The van der Waals surface area contributed by atoms with Crippen LogP contribution in [0.4, 0.5) is 4.39 Å². The summed E-state index contributed by atoms with van der Waals surface area (Å²) in [5.41, 5.74) is 2.21. The number of hydrogen-bond donors (Lipinski definition) is 2. The van der Waals surface area contributed by atoms with Crippen molar-refractivity contribution < 1.29 is 27.5 Å². The molecule has 1 amide bonds. The predicted octanol–water partition coefficient (Wildman–Crippen LogP) is 2.40. The van der Waals surface area contributed by atoms with E-state index in [1.54, 1.807) is 24.5 Å². The highest BCUT2D eigenvalue weighted by molar-refractivity contribution is 8.00. The highest BCUT2D eigenvalue weighted by Gasteiger charge is 2.41. The first-order valence-corrected chi connectivity index (χ1v) is 11.4. The number of rotatable bonds is 6. The van der Waals surface area contributed by atoms with Crippen LogP contribution in [0, 0.1) is 5.82 Å². The van der Waals surface area contributed by atoms with Gasteiger partial charge < -0.3 is 4.74 Å². The van der Waals surface area contributed by atoms with Gasteiger partial charge in [0.25, 0.3) is 5.91 Å². The lowest BCUT2D eigenvalue weighted by Crippen LogP contribution is -2.56. The highest BCUT2D eigenvalue weighted by atomic mass is 32.2. The molecule has 1 aliphatic heterocycles. The summed E-state index contributed by atoms with van der Waals surface area (Å²) < 4.78 is 46.0. The van der Waals surface area contributed by atoms with Crippen molar-refractivity contribution in [1.82, 2.24) is 9.79 Å². The summed E-state index contributed by atoms with van der Waals surface area (Å²) in [6, 6.07) is 10.8. The summed E-state index contributed by atoms with van der Waals surface area (Å²) in [6.07, 6.45) is 0. The fraction of sp³-hybridized carbons (Fsp3) is 0.316. The van der Waals surface area contributed by atoms with Crippen molar-refractivity contribution in [3.05, 3.63) is 59.9 Å². The fourth-order valence-corrected chi connectivity index (χ4v) is 6.09. The number of thioether (sulfide) groups is 1. The first-order valence-electron chi connectivity index (χ1n) is 8.87. The van der Waals surface area contributed by atoms with Gasteiger partial charge >= 0.3 is 0 Å². The number of sulfonamides is 1. The van der Waals surface area contributed by atoms with Crippen molar-refractivity contribution in [3.63, 3.8) is 0 Å². The Labute approximate surface area is 172 Å². The molecule has 10 heteroatoms. The lowest BCUT2D eigenvalue weighted by molar-refractivity contribution is -0.133. The largest absolute Gasteiger partial charge is 0.489 e. The normalized spacial score (nSPS) is 20.2. The molecule has 0 bridgehead atoms. The number of amides is 1. The van der Waals surface area contributed by atoms with Gasteiger partial charge in [-0.2, -0.15) is 16.1 Å². The van der Waals surface area contributed by atoms with Crippen LogP contribution in [0.5, 0.6) is 5.75 Å². The topological polar surface area (TPSA) is 95.9 Å². The van der Waals surface area contributed by atoms with Crippen LogP contribution in [-0.4, -0.2) is 47.4 Å². The number of nitrogens with one attached hydrogen (secondary N) is 1. The van der Waals surface area contributed by atoms with Gasteiger partial charge in [0.05, 0.1) is 4.90 Å². The van der Waals surface area contributed by atoms with Crippen molar-refractivity contribution in [3.8, 4) is 5.75 Å². The van der Waals surface area contributed by atoms with E-state index in [-0.39, 0.29) is 29.1 Å². The van der Waals surface area contributed by atoms with Crippen LogP contribution in [0.1, 0.15) is 12.5 Å². The minimum atomic E-state index is -3.95. The summed E-state index contributed by atoms with van der Waals surface area (Å²) >= 11 is 1.47. The van der Waals surface area contributed by atoms with Crippen LogP contribution in [0.3, 0.4) is 0 Å². The number of hydrogen-bond acceptors (Lipinski definition) is 6. The molecule has 2 N–H and O–H groups in total. The molecule has 29 heavy (non-hydrogen) atoms. The van der Waals surface area contributed by atoms with Crippen molar-refractivity contribution in [1.29, 1.82) is 0 Å². The lowest BCUT2D eigenvalue weighted by atomic mass is 10.2. The van der Waals surface area contributed by atoms with Gasteiger partial charge in [-0.05, 0) is 42.0 Å². The third-order valence-corrected chi connectivity index (χ3v) is 7.65. The van der Waals surface area contributed by atoms with Crippen molar-refractivity contribution in [2.45, 2.75) is 29.7 Å².